The third-order valence-electron chi connectivity index (χ3n) is 4.59. The van der Waals surface area contributed by atoms with Crippen LogP contribution in [-0.2, 0) is 4.74 Å². The van der Waals surface area contributed by atoms with E-state index in [1.165, 1.54) is 17.1 Å². The average molecular weight is 388 g/mol. The molecule has 0 aliphatic carbocycles. The summed E-state index contributed by atoms with van der Waals surface area (Å²) in [7, 11) is 1.35. The quantitative estimate of drug-likeness (QED) is 0.668. The van der Waals surface area contributed by atoms with Crippen LogP contribution >= 0.6 is 0 Å². The minimum absolute atomic E-state index is 0.259. The van der Waals surface area contributed by atoms with Crippen LogP contribution in [0, 0.1) is 0 Å². The van der Waals surface area contributed by atoms with Crippen LogP contribution in [0.1, 0.15) is 22.1 Å². The van der Waals surface area contributed by atoms with E-state index in [0.717, 1.165) is 16.9 Å². The van der Waals surface area contributed by atoms with E-state index in [1.54, 1.807) is 12.1 Å². The highest BCUT2D eigenvalue weighted by molar-refractivity contribution is 6.03. The molecule has 1 heterocycles. The van der Waals surface area contributed by atoms with Gasteiger partial charge >= 0.3 is 12.0 Å². The first-order chi connectivity index (χ1) is 14.2. The smallest absolute Gasteiger partial charge is 0.358 e. The molecule has 0 atom stereocenters. The fourth-order valence-electron chi connectivity index (χ4n) is 3.10. The van der Waals surface area contributed by atoms with Crippen molar-refractivity contribution >= 4 is 23.4 Å². The Hall–Kier alpha value is -3.68. The van der Waals surface area contributed by atoms with Crippen molar-refractivity contribution in [1.82, 2.24) is 10.9 Å². The highest BCUT2D eigenvalue weighted by Gasteiger charge is 2.33. The van der Waals surface area contributed by atoms with Crippen LogP contribution in [0.25, 0.3) is 0 Å². The Morgan fingerprint density at radius 3 is 1.72 bits per heavy atom. The molecule has 0 bridgehead atoms. The third kappa shape index (κ3) is 3.82. The van der Waals surface area contributed by atoms with E-state index >= 15 is 0 Å². The number of methoxy groups -OCH3 is 1. The number of hydrazine groups is 2. The predicted octanol–water partition coefficient (Wildman–Crippen LogP) is 3.63. The maximum absolute atomic E-state index is 13.2. The molecule has 1 fully saturated rings. The molecule has 7 heteroatoms. The molecular formula is C22H20N4O3. The van der Waals surface area contributed by atoms with E-state index < -0.39 is 12.1 Å². The first-order valence-electron chi connectivity index (χ1n) is 9.12. The SMILES string of the molecule is COC(=O)c1ccc(C2NN(c3ccccc3)C(=O)N(c3ccccc3)N2)cc1. The zero-order chi connectivity index (χ0) is 20.2. The highest BCUT2D eigenvalue weighted by Crippen LogP contribution is 2.25. The van der Waals surface area contributed by atoms with Gasteiger partial charge in [-0.15, -0.1) is 0 Å². The van der Waals surface area contributed by atoms with Gasteiger partial charge in [0.2, 0.25) is 0 Å². The van der Waals surface area contributed by atoms with Gasteiger partial charge in [0.1, 0.15) is 6.17 Å². The Kier molecular flexibility index (Phi) is 5.24. The summed E-state index contributed by atoms with van der Waals surface area (Å²) in [5.41, 5.74) is 9.18. The van der Waals surface area contributed by atoms with Crippen LogP contribution in [0.3, 0.4) is 0 Å². The molecule has 1 aliphatic rings. The Morgan fingerprint density at radius 1 is 0.793 bits per heavy atom. The average Bonchev–Trinajstić information content (AvgIpc) is 2.80. The lowest BCUT2D eigenvalue weighted by molar-refractivity contribution is 0.0600. The normalized spacial score (nSPS) is 14.7. The highest BCUT2D eigenvalue weighted by atomic mass is 16.5. The Balaban J connectivity index is 1.68. The van der Waals surface area contributed by atoms with Crippen molar-refractivity contribution in [2.45, 2.75) is 6.17 Å². The molecule has 2 N–H and O–H groups in total. The Bertz CT molecular complexity index is 942. The van der Waals surface area contributed by atoms with Gasteiger partial charge in [-0.3, -0.25) is 0 Å². The van der Waals surface area contributed by atoms with Gasteiger partial charge in [-0.2, -0.15) is 0 Å². The van der Waals surface area contributed by atoms with Crippen molar-refractivity contribution < 1.29 is 14.3 Å². The monoisotopic (exact) mass is 388 g/mol. The molecule has 0 saturated carbocycles. The lowest BCUT2D eigenvalue weighted by Crippen LogP contribution is -2.65. The zero-order valence-corrected chi connectivity index (χ0v) is 15.8. The van der Waals surface area contributed by atoms with Crippen molar-refractivity contribution in [3.63, 3.8) is 0 Å². The number of hydrogen-bond acceptors (Lipinski definition) is 5. The molecule has 3 aromatic carbocycles. The summed E-state index contributed by atoms with van der Waals surface area (Å²) in [6.45, 7) is 0. The van der Waals surface area contributed by atoms with E-state index in [2.05, 4.69) is 10.9 Å². The molecule has 1 aliphatic heterocycles. The fourth-order valence-corrected chi connectivity index (χ4v) is 3.10. The Labute approximate surface area is 168 Å². The molecule has 3 aromatic rings. The van der Waals surface area contributed by atoms with Crippen molar-refractivity contribution in [2.24, 2.45) is 0 Å². The number of hydrogen-bond donors (Lipinski definition) is 2. The Morgan fingerprint density at radius 2 is 1.28 bits per heavy atom. The van der Waals surface area contributed by atoms with Crippen molar-refractivity contribution in [3.8, 4) is 0 Å². The van der Waals surface area contributed by atoms with Gasteiger partial charge in [0, 0.05) is 0 Å². The van der Waals surface area contributed by atoms with Crippen LogP contribution in [-0.4, -0.2) is 19.1 Å². The molecule has 4 rings (SSSR count). The first kappa shape index (κ1) is 18.7. The van der Waals surface area contributed by atoms with Gasteiger partial charge in [-0.05, 0) is 42.0 Å². The number of para-hydroxylation sites is 2. The molecule has 7 nitrogen and oxygen atoms in total. The van der Waals surface area contributed by atoms with Gasteiger partial charge < -0.3 is 4.74 Å². The topological polar surface area (TPSA) is 73.9 Å². The molecule has 2 amide bonds. The van der Waals surface area contributed by atoms with Gasteiger partial charge in [0.15, 0.2) is 0 Å². The van der Waals surface area contributed by atoms with Gasteiger partial charge in [0.25, 0.3) is 0 Å². The zero-order valence-electron chi connectivity index (χ0n) is 15.8. The predicted molar refractivity (Wildman–Crippen MR) is 110 cm³/mol. The summed E-state index contributed by atoms with van der Waals surface area (Å²) in [6, 6.07) is 25.5. The number of nitrogens with one attached hydrogen (secondary N) is 2. The van der Waals surface area contributed by atoms with E-state index in [4.69, 9.17) is 4.74 Å². The van der Waals surface area contributed by atoms with Gasteiger partial charge in [-0.1, -0.05) is 48.5 Å². The number of rotatable bonds is 4. The largest absolute Gasteiger partial charge is 0.465 e. The van der Waals surface area contributed by atoms with Crippen molar-refractivity contribution in [3.05, 3.63) is 96.1 Å². The summed E-state index contributed by atoms with van der Waals surface area (Å²) in [4.78, 5) is 24.9. The summed E-state index contributed by atoms with van der Waals surface area (Å²) in [6.07, 6.45) is -0.403. The minimum Gasteiger partial charge on any atom is -0.465 e. The molecule has 0 unspecified atom stereocenters. The molecular weight excluding hydrogens is 368 g/mol. The second-order valence-electron chi connectivity index (χ2n) is 6.43. The number of amides is 2. The van der Waals surface area contributed by atoms with E-state index in [-0.39, 0.29) is 6.03 Å². The molecule has 0 aromatic heterocycles. The number of carbonyl (C=O) groups is 2. The van der Waals surface area contributed by atoms with Crippen LogP contribution in [0.5, 0.6) is 0 Å². The van der Waals surface area contributed by atoms with Crippen molar-refractivity contribution in [2.75, 3.05) is 17.1 Å². The van der Waals surface area contributed by atoms with Gasteiger partial charge in [0.05, 0.1) is 24.0 Å². The fraction of sp³-hybridized carbons (Fsp3) is 0.0909. The molecule has 146 valence electrons. The second kappa shape index (κ2) is 8.14. The summed E-state index contributed by atoms with van der Waals surface area (Å²) < 4.78 is 4.75. The number of nitrogens with zero attached hydrogens (tertiary/aromatic N) is 2. The van der Waals surface area contributed by atoms with Crippen LogP contribution in [0.4, 0.5) is 16.2 Å². The lowest BCUT2D eigenvalue weighted by Gasteiger charge is -2.41. The summed E-state index contributed by atoms with van der Waals surface area (Å²) >= 11 is 0. The molecule has 0 radical (unpaired) electrons. The third-order valence-corrected chi connectivity index (χ3v) is 4.59. The van der Waals surface area contributed by atoms with Crippen molar-refractivity contribution in [1.29, 1.82) is 0 Å². The minimum atomic E-state index is -0.403. The van der Waals surface area contributed by atoms with E-state index in [9.17, 15) is 9.59 Å². The molecule has 0 spiro atoms. The maximum Gasteiger partial charge on any atom is 0.358 e. The second-order valence-corrected chi connectivity index (χ2v) is 6.43. The van der Waals surface area contributed by atoms with Gasteiger partial charge in [-0.25, -0.2) is 30.5 Å². The lowest BCUT2D eigenvalue weighted by atomic mass is 10.1. The number of esters is 1. The van der Waals surface area contributed by atoms with Crippen LogP contribution in [0.15, 0.2) is 84.9 Å². The summed E-state index contributed by atoms with van der Waals surface area (Å²) in [5.74, 6) is -0.395. The van der Waals surface area contributed by atoms with E-state index in [1.807, 2.05) is 72.8 Å². The molecule has 1 saturated heterocycles. The summed E-state index contributed by atoms with van der Waals surface area (Å²) in [5, 5.41) is 3.00. The first-order valence-corrected chi connectivity index (χ1v) is 9.12. The van der Waals surface area contributed by atoms with Crippen LogP contribution < -0.4 is 20.9 Å². The standard InChI is InChI=1S/C22H20N4O3/c1-29-21(27)17-14-12-16(13-15-17)20-23-25(18-8-4-2-5-9-18)22(28)26(24-20)19-10-6-3-7-11-19/h2-15,20,23-24H,1H3. The van der Waals surface area contributed by atoms with Crippen LogP contribution in [0.2, 0.25) is 0 Å². The van der Waals surface area contributed by atoms with E-state index in [0.29, 0.717) is 5.56 Å². The number of ether oxygens (including phenoxy) is 1. The number of benzene rings is 3. The number of anilines is 2. The number of urea groups is 1. The molecule has 29 heavy (non-hydrogen) atoms. The number of carbonyl (C=O) groups excluding carboxylic acids is 2. The maximum atomic E-state index is 13.2.